The lowest BCUT2D eigenvalue weighted by Crippen LogP contribution is -2.18. The van der Waals surface area contributed by atoms with Crippen LogP contribution in [0.1, 0.15) is 32.1 Å². The molecule has 0 bridgehead atoms. The highest BCUT2D eigenvalue weighted by atomic mass is 16.4. The molecule has 0 atom stereocenters. The van der Waals surface area contributed by atoms with Crippen LogP contribution in [0.3, 0.4) is 0 Å². The van der Waals surface area contributed by atoms with Gasteiger partial charge in [-0.25, -0.2) is 0 Å². The number of nitrogens with two attached hydrogens (primary N) is 1. The van der Waals surface area contributed by atoms with Crippen LogP contribution in [0.5, 0.6) is 0 Å². The molecule has 0 aromatic rings. The van der Waals surface area contributed by atoms with E-state index in [2.05, 4.69) is 10.5 Å². The molecule has 0 aromatic heterocycles. The quantitative estimate of drug-likeness (QED) is 0.142. The number of hydrogen-bond donors (Lipinski definition) is 4. The van der Waals surface area contributed by atoms with Crippen LogP contribution in [0.4, 0.5) is 0 Å². The van der Waals surface area contributed by atoms with Gasteiger partial charge < -0.3 is 21.4 Å². The maximum absolute atomic E-state index is 8.52. The van der Waals surface area contributed by atoms with Crippen molar-refractivity contribution in [2.75, 3.05) is 19.7 Å². The molecule has 0 aliphatic heterocycles. The minimum atomic E-state index is 0.269. The number of rotatable bonds is 9. The molecule has 0 amide bonds. The van der Waals surface area contributed by atoms with Gasteiger partial charge in [0, 0.05) is 13.0 Å². The summed E-state index contributed by atoms with van der Waals surface area (Å²) in [5, 5.41) is 22.9. The molecule has 0 saturated carbocycles. The highest BCUT2D eigenvalue weighted by Crippen LogP contribution is 1.93. The summed E-state index contributed by atoms with van der Waals surface area (Å²) in [4.78, 5) is 0. The third kappa shape index (κ3) is 9.28. The lowest BCUT2D eigenvalue weighted by Gasteiger charge is -2.03. The highest BCUT2D eigenvalue weighted by molar-refractivity contribution is 5.79. The van der Waals surface area contributed by atoms with E-state index < -0.39 is 0 Å². The summed E-state index contributed by atoms with van der Waals surface area (Å²) in [6.45, 7) is 2.17. The van der Waals surface area contributed by atoms with Crippen molar-refractivity contribution in [3.8, 4) is 0 Å². The average molecular weight is 203 g/mol. The second-order valence-electron chi connectivity index (χ2n) is 3.23. The molecule has 0 rings (SSSR count). The van der Waals surface area contributed by atoms with E-state index in [9.17, 15) is 0 Å². The second kappa shape index (κ2) is 10.3. The number of oxime groups is 1. The number of unbranched alkanes of at least 4 members (excludes halogenated alkanes) is 2. The van der Waals surface area contributed by atoms with Crippen molar-refractivity contribution >= 4 is 5.84 Å². The molecule has 5 heteroatoms. The molecule has 0 unspecified atom stereocenters. The zero-order chi connectivity index (χ0) is 10.6. The largest absolute Gasteiger partial charge is 0.409 e. The van der Waals surface area contributed by atoms with E-state index in [-0.39, 0.29) is 6.61 Å². The van der Waals surface area contributed by atoms with Crippen LogP contribution in [0.15, 0.2) is 5.16 Å². The van der Waals surface area contributed by atoms with Gasteiger partial charge in [-0.2, -0.15) is 0 Å². The fraction of sp³-hybridized carbons (Fsp3) is 0.889. The van der Waals surface area contributed by atoms with E-state index in [1.807, 2.05) is 0 Å². The number of nitrogens with zero attached hydrogens (tertiary/aromatic N) is 1. The Balaban J connectivity index is 2.99. The van der Waals surface area contributed by atoms with Crippen LogP contribution in [-0.4, -0.2) is 35.8 Å². The molecule has 5 nitrogen and oxygen atoms in total. The molecule has 14 heavy (non-hydrogen) atoms. The van der Waals surface area contributed by atoms with Crippen LogP contribution < -0.4 is 11.1 Å². The van der Waals surface area contributed by atoms with Crippen LogP contribution in [0, 0.1) is 0 Å². The summed E-state index contributed by atoms with van der Waals surface area (Å²) in [6.07, 6.45) is 4.47. The fourth-order valence-corrected chi connectivity index (χ4v) is 1.09. The molecule has 0 aromatic carbocycles. The summed E-state index contributed by atoms with van der Waals surface area (Å²) < 4.78 is 0. The number of aliphatic hydroxyl groups excluding tert-OH is 1. The maximum Gasteiger partial charge on any atom is 0.139 e. The van der Waals surface area contributed by atoms with Gasteiger partial charge in [-0.3, -0.25) is 0 Å². The smallest absolute Gasteiger partial charge is 0.139 e. The van der Waals surface area contributed by atoms with Crippen molar-refractivity contribution in [2.45, 2.75) is 32.1 Å². The Hall–Kier alpha value is -0.810. The molecular formula is C9H21N3O2. The molecule has 0 heterocycles. The van der Waals surface area contributed by atoms with E-state index in [0.29, 0.717) is 12.3 Å². The number of amidine groups is 1. The van der Waals surface area contributed by atoms with Gasteiger partial charge in [0.2, 0.25) is 0 Å². The van der Waals surface area contributed by atoms with Gasteiger partial charge in [-0.15, -0.1) is 0 Å². The molecule has 0 aliphatic carbocycles. The zero-order valence-electron chi connectivity index (χ0n) is 8.58. The molecule has 0 radical (unpaired) electrons. The monoisotopic (exact) mass is 203 g/mol. The molecule has 5 N–H and O–H groups in total. The van der Waals surface area contributed by atoms with Crippen molar-refractivity contribution in [2.24, 2.45) is 10.9 Å². The third-order valence-corrected chi connectivity index (χ3v) is 1.93. The summed E-state index contributed by atoms with van der Waals surface area (Å²) in [5.41, 5.74) is 5.31. The van der Waals surface area contributed by atoms with E-state index in [0.717, 1.165) is 38.8 Å². The first-order valence-corrected chi connectivity index (χ1v) is 5.09. The Kier molecular flexibility index (Phi) is 9.68. The first-order chi connectivity index (χ1) is 6.81. The van der Waals surface area contributed by atoms with Crippen LogP contribution >= 0.6 is 0 Å². The molecule has 0 fully saturated rings. The van der Waals surface area contributed by atoms with Crippen LogP contribution in [0.25, 0.3) is 0 Å². The van der Waals surface area contributed by atoms with Crippen molar-refractivity contribution in [1.82, 2.24) is 5.32 Å². The minimum Gasteiger partial charge on any atom is -0.409 e. The third-order valence-electron chi connectivity index (χ3n) is 1.93. The molecular weight excluding hydrogens is 182 g/mol. The molecule has 0 spiro atoms. The van der Waals surface area contributed by atoms with Gasteiger partial charge in [-0.05, 0) is 38.8 Å². The minimum absolute atomic E-state index is 0.269. The highest BCUT2D eigenvalue weighted by Gasteiger charge is 1.93. The van der Waals surface area contributed by atoms with E-state index in [4.69, 9.17) is 16.0 Å². The number of nitrogens with one attached hydrogen (secondary N) is 1. The summed E-state index contributed by atoms with van der Waals surface area (Å²) in [7, 11) is 0. The van der Waals surface area contributed by atoms with Crippen LogP contribution in [0.2, 0.25) is 0 Å². The summed E-state index contributed by atoms with van der Waals surface area (Å²) in [5.74, 6) is 0.297. The normalized spacial score (nSPS) is 11.9. The lowest BCUT2D eigenvalue weighted by atomic mass is 10.2. The number of aliphatic hydroxyl groups is 1. The molecule has 0 aliphatic rings. The van der Waals surface area contributed by atoms with Crippen LogP contribution in [-0.2, 0) is 0 Å². The van der Waals surface area contributed by atoms with Gasteiger partial charge in [-0.1, -0.05) is 5.16 Å². The van der Waals surface area contributed by atoms with Crippen molar-refractivity contribution in [3.63, 3.8) is 0 Å². The predicted molar refractivity (Wildman–Crippen MR) is 56.4 cm³/mol. The fourth-order valence-electron chi connectivity index (χ4n) is 1.09. The standard InChI is InChI=1S/C9H21N3O2/c10-9(12-14)5-1-2-6-11-7-3-4-8-13/h11,13-14H,1-8H2,(H2,10,12). The van der Waals surface area contributed by atoms with Gasteiger partial charge >= 0.3 is 0 Å². The van der Waals surface area contributed by atoms with Gasteiger partial charge in [0.05, 0.1) is 0 Å². The Morgan fingerprint density at radius 3 is 2.36 bits per heavy atom. The Labute approximate surface area is 85.0 Å². The van der Waals surface area contributed by atoms with Crippen molar-refractivity contribution in [3.05, 3.63) is 0 Å². The lowest BCUT2D eigenvalue weighted by molar-refractivity contribution is 0.283. The Morgan fingerprint density at radius 1 is 1.14 bits per heavy atom. The van der Waals surface area contributed by atoms with Gasteiger partial charge in [0.25, 0.3) is 0 Å². The van der Waals surface area contributed by atoms with Gasteiger partial charge in [0.1, 0.15) is 5.84 Å². The predicted octanol–water partition coefficient (Wildman–Crippen LogP) is 0.265. The van der Waals surface area contributed by atoms with Crippen molar-refractivity contribution in [1.29, 1.82) is 0 Å². The SMILES string of the molecule is NC(CCCCNCCCCO)=NO. The van der Waals surface area contributed by atoms with E-state index >= 15 is 0 Å². The first kappa shape index (κ1) is 13.2. The topological polar surface area (TPSA) is 90.9 Å². The average Bonchev–Trinajstić information content (AvgIpc) is 2.21. The first-order valence-electron chi connectivity index (χ1n) is 5.09. The van der Waals surface area contributed by atoms with E-state index in [1.165, 1.54) is 0 Å². The van der Waals surface area contributed by atoms with Gasteiger partial charge in [0.15, 0.2) is 0 Å². The molecule has 84 valence electrons. The maximum atomic E-state index is 8.52. The van der Waals surface area contributed by atoms with E-state index in [1.54, 1.807) is 0 Å². The summed E-state index contributed by atoms with van der Waals surface area (Å²) >= 11 is 0. The zero-order valence-corrected chi connectivity index (χ0v) is 8.58. The number of hydrogen-bond acceptors (Lipinski definition) is 4. The van der Waals surface area contributed by atoms with Crippen molar-refractivity contribution < 1.29 is 10.3 Å². The second-order valence-corrected chi connectivity index (χ2v) is 3.23. The Morgan fingerprint density at radius 2 is 1.79 bits per heavy atom. The Bertz CT molecular complexity index is 151. The molecule has 0 saturated heterocycles. The summed E-state index contributed by atoms with van der Waals surface area (Å²) in [6, 6.07) is 0.